The molecule has 30 heavy (non-hydrogen) atoms. The van der Waals surface area contributed by atoms with Crippen molar-refractivity contribution >= 4 is 40.6 Å². The van der Waals surface area contributed by atoms with Crippen LogP contribution < -0.4 is 20.1 Å². The van der Waals surface area contributed by atoms with E-state index < -0.39 is 5.25 Å². The molecular formula is C21H22N4O4S. The third kappa shape index (κ3) is 6.08. The Labute approximate surface area is 178 Å². The Kier molecular flexibility index (Phi) is 7.45. The lowest BCUT2D eigenvalue weighted by molar-refractivity contribution is -0.122. The highest BCUT2D eigenvalue weighted by Crippen LogP contribution is 2.23. The summed E-state index contributed by atoms with van der Waals surface area (Å²) in [5, 5.41) is 13.2. The molecule has 2 aromatic rings. The summed E-state index contributed by atoms with van der Waals surface area (Å²) in [6, 6.07) is 14.4. The summed E-state index contributed by atoms with van der Waals surface area (Å²) < 4.78 is 10.5. The molecule has 0 bridgehead atoms. The van der Waals surface area contributed by atoms with Crippen molar-refractivity contribution in [2.24, 2.45) is 10.2 Å². The summed E-state index contributed by atoms with van der Waals surface area (Å²) in [5.74, 6) is 0.968. The predicted molar refractivity (Wildman–Crippen MR) is 118 cm³/mol. The first-order valence-electron chi connectivity index (χ1n) is 9.32. The molecule has 1 atom stereocenters. The fourth-order valence-electron chi connectivity index (χ4n) is 2.61. The highest BCUT2D eigenvalue weighted by atomic mass is 32.2. The number of amides is 2. The van der Waals surface area contributed by atoms with Gasteiger partial charge in [0.2, 0.25) is 11.8 Å². The maximum Gasteiger partial charge on any atom is 0.240 e. The molecule has 156 valence electrons. The van der Waals surface area contributed by atoms with Gasteiger partial charge in [-0.1, -0.05) is 11.8 Å². The highest BCUT2D eigenvalue weighted by Gasteiger charge is 2.32. The summed E-state index contributed by atoms with van der Waals surface area (Å²) >= 11 is 1.18. The lowest BCUT2D eigenvalue weighted by atomic mass is 10.2. The summed E-state index contributed by atoms with van der Waals surface area (Å²) in [6.07, 6.45) is 1.61. The van der Waals surface area contributed by atoms with E-state index in [9.17, 15) is 9.59 Å². The molecule has 0 spiro atoms. The van der Waals surface area contributed by atoms with E-state index in [0.29, 0.717) is 17.5 Å². The number of hydrogen-bond acceptors (Lipinski definition) is 7. The molecule has 0 aromatic heterocycles. The van der Waals surface area contributed by atoms with Crippen molar-refractivity contribution < 1.29 is 19.1 Å². The molecule has 9 heteroatoms. The Balaban J connectivity index is 1.51. The van der Waals surface area contributed by atoms with Crippen molar-refractivity contribution in [3.8, 4) is 11.5 Å². The van der Waals surface area contributed by atoms with E-state index in [1.54, 1.807) is 37.6 Å². The molecule has 0 radical (unpaired) electrons. The van der Waals surface area contributed by atoms with E-state index in [0.717, 1.165) is 17.1 Å². The van der Waals surface area contributed by atoms with Crippen LogP contribution in [-0.2, 0) is 9.59 Å². The van der Waals surface area contributed by atoms with Crippen LogP contribution >= 0.6 is 11.8 Å². The molecule has 2 N–H and O–H groups in total. The van der Waals surface area contributed by atoms with Crippen LogP contribution in [0.15, 0.2) is 58.7 Å². The zero-order valence-electron chi connectivity index (χ0n) is 16.6. The number of ether oxygens (including phenoxy) is 2. The van der Waals surface area contributed by atoms with Crippen molar-refractivity contribution in [2.75, 3.05) is 19.0 Å². The van der Waals surface area contributed by atoms with Crippen molar-refractivity contribution in [3.63, 3.8) is 0 Å². The van der Waals surface area contributed by atoms with Gasteiger partial charge in [0.15, 0.2) is 5.17 Å². The number of rotatable bonds is 8. The fraction of sp³-hybridized carbons (Fsp3) is 0.238. The van der Waals surface area contributed by atoms with E-state index in [1.165, 1.54) is 11.8 Å². The number of nitrogens with zero attached hydrogens (tertiary/aromatic N) is 2. The predicted octanol–water partition coefficient (Wildman–Crippen LogP) is 3.04. The lowest BCUT2D eigenvalue weighted by Crippen LogP contribution is -2.28. The van der Waals surface area contributed by atoms with Crippen LogP contribution in [0.5, 0.6) is 11.5 Å². The number of carbonyl (C=O) groups excluding carboxylic acids is 2. The smallest absolute Gasteiger partial charge is 0.240 e. The second kappa shape index (κ2) is 10.4. The summed E-state index contributed by atoms with van der Waals surface area (Å²) in [4.78, 5) is 24.4. The first-order chi connectivity index (χ1) is 14.6. The van der Waals surface area contributed by atoms with Gasteiger partial charge in [-0.05, 0) is 61.0 Å². The molecule has 2 aromatic carbocycles. The van der Waals surface area contributed by atoms with Gasteiger partial charge in [-0.2, -0.15) is 5.10 Å². The molecule has 1 unspecified atom stereocenters. The van der Waals surface area contributed by atoms with Gasteiger partial charge in [0.25, 0.3) is 0 Å². The van der Waals surface area contributed by atoms with Crippen LogP contribution in [0.2, 0.25) is 0 Å². The first-order valence-corrected chi connectivity index (χ1v) is 10.2. The fourth-order valence-corrected chi connectivity index (χ4v) is 3.53. The quantitative estimate of drug-likeness (QED) is 0.499. The summed E-state index contributed by atoms with van der Waals surface area (Å²) in [7, 11) is 1.60. The van der Waals surface area contributed by atoms with Gasteiger partial charge in [-0.15, -0.1) is 5.10 Å². The number of carbonyl (C=O) groups is 2. The maximum absolute atomic E-state index is 12.3. The molecular weight excluding hydrogens is 404 g/mol. The van der Waals surface area contributed by atoms with Crippen LogP contribution in [0.4, 0.5) is 5.69 Å². The maximum atomic E-state index is 12.3. The molecule has 1 heterocycles. The Hall–Kier alpha value is -3.33. The Morgan fingerprint density at radius 1 is 1.17 bits per heavy atom. The van der Waals surface area contributed by atoms with Gasteiger partial charge < -0.3 is 20.1 Å². The Bertz CT molecular complexity index is 942. The minimum absolute atomic E-state index is 0.0327. The minimum Gasteiger partial charge on any atom is -0.497 e. The zero-order valence-corrected chi connectivity index (χ0v) is 17.4. The average Bonchev–Trinajstić information content (AvgIpc) is 3.09. The zero-order chi connectivity index (χ0) is 21.3. The third-order valence-corrected chi connectivity index (χ3v) is 5.14. The van der Waals surface area contributed by atoms with Crippen LogP contribution in [0.3, 0.4) is 0 Å². The molecule has 3 rings (SSSR count). The van der Waals surface area contributed by atoms with Gasteiger partial charge in [0.1, 0.15) is 16.7 Å². The normalized spacial score (nSPS) is 17.2. The Morgan fingerprint density at radius 2 is 1.87 bits per heavy atom. The monoisotopic (exact) mass is 426 g/mol. The number of hydrogen-bond donors (Lipinski definition) is 2. The van der Waals surface area contributed by atoms with Gasteiger partial charge in [0.05, 0.1) is 19.9 Å². The molecule has 0 aliphatic carbocycles. The molecule has 1 aliphatic rings. The number of benzene rings is 2. The van der Waals surface area contributed by atoms with E-state index in [4.69, 9.17) is 9.47 Å². The number of nitrogens with one attached hydrogen (secondary N) is 2. The Morgan fingerprint density at radius 3 is 2.53 bits per heavy atom. The number of anilines is 1. The van der Waals surface area contributed by atoms with Crippen molar-refractivity contribution in [1.29, 1.82) is 0 Å². The van der Waals surface area contributed by atoms with Crippen molar-refractivity contribution in [1.82, 2.24) is 5.32 Å². The number of amidine groups is 1. The number of thioether (sulfide) groups is 1. The second-order valence-electron chi connectivity index (χ2n) is 6.23. The van der Waals surface area contributed by atoms with E-state index in [2.05, 4.69) is 20.8 Å². The van der Waals surface area contributed by atoms with Crippen molar-refractivity contribution in [2.45, 2.75) is 18.6 Å². The molecule has 2 amide bonds. The minimum atomic E-state index is -0.553. The summed E-state index contributed by atoms with van der Waals surface area (Å²) in [5.41, 5.74) is 1.49. The average molecular weight is 426 g/mol. The molecule has 1 aliphatic heterocycles. The number of methoxy groups -OCH3 is 1. The van der Waals surface area contributed by atoms with E-state index >= 15 is 0 Å². The van der Waals surface area contributed by atoms with Crippen LogP contribution in [0, 0.1) is 0 Å². The van der Waals surface area contributed by atoms with Gasteiger partial charge in [-0.25, -0.2) is 0 Å². The first kappa shape index (κ1) is 21.4. The van der Waals surface area contributed by atoms with Gasteiger partial charge >= 0.3 is 0 Å². The largest absolute Gasteiger partial charge is 0.497 e. The van der Waals surface area contributed by atoms with Crippen LogP contribution in [0.1, 0.15) is 18.9 Å². The van der Waals surface area contributed by atoms with Gasteiger partial charge in [-0.3, -0.25) is 9.59 Å². The topological polar surface area (TPSA) is 101 Å². The summed E-state index contributed by atoms with van der Waals surface area (Å²) in [6.45, 7) is 2.48. The van der Waals surface area contributed by atoms with E-state index in [1.807, 2.05) is 31.2 Å². The van der Waals surface area contributed by atoms with Crippen LogP contribution in [0.25, 0.3) is 0 Å². The highest BCUT2D eigenvalue weighted by molar-refractivity contribution is 8.15. The molecule has 1 fully saturated rings. The second-order valence-corrected chi connectivity index (χ2v) is 7.42. The molecule has 0 saturated carbocycles. The van der Waals surface area contributed by atoms with E-state index in [-0.39, 0.29) is 18.2 Å². The van der Waals surface area contributed by atoms with Gasteiger partial charge in [0, 0.05) is 12.1 Å². The van der Waals surface area contributed by atoms with Crippen LogP contribution in [-0.4, -0.2) is 42.2 Å². The molecule has 8 nitrogen and oxygen atoms in total. The SMILES string of the molecule is CCOc1ccc(NC(=O)CC2S/C(=N/N=C/c3ccc(OC)cc3)NC2=O)cc1. The van der Waals surface area contributed by atoms with Crippen molar-refractivity contribution in [3.05, 3.63) is 54.1 Å². The molecule has 1 saturated heterocycles. The third-order valence-electron chi connectivity index (χ3n) is 4.07. The lowest BCUT2D eigenvalue weighted by Gasteiger charge is -2.08. The standard InChI is InChI=1S/C21H22N4O4S/c1-3-29-17-10-6-15(7-11-17)23-19(26)12-18-20(27)24-21(30-18)25-22-13-14-4-8-16(28-2)9-5-14/h4-11,13,18H,3,12H2,1-2H3,(H,23,26)(H,24,25,27)/b22-13+.